The zero-order chi connectivity index (χ0) is 18.1. The first-order valence-corrected chi connectivity index (χ1v) is 10.5. The third-order valence-corrected chi connectivity index (χ3v) is 7.45. The molecule has 1 aromatic carbocycles. The molecule has 9 heteroatoms. The van der Waals surface area contributed by atoms with Crippen LogP contribution in [0.2, 0.25) is 0 Å². The van der Waals surface area contributed by atoms with Crippen molar-refractivity contribution in [2.45, 2.75) is 24.7 Å². The summed E-state index contributed by atoms with van der Waals surface area (Å²) >= 11 is 1.14. The predicted octanol–water partition coefficient (Wildman–Crippen LogP) is 2.78. The van der Waals surface area contributed by atoms with Gasteiger partial charge in [0.1, 0.15) is 9.77 Å². The molecule has 26 heavy (non-hydrogen) atoms. The number of rotatable bonds is 5. The van der Waals surface area contributed by atoms with Gasteiger partial charge in [0, 0.05) is 16.6 Å². The van der Waals surface area contributed by atoms with E-state index >= 15 is 0 Å². The van der Waals surface area contributed by atoms with E-state index < -0.39 is 16.0 Å². The Balaban J connectivity index is 0.00000243. The van der Waals surface area contributed by atoms with Crippen LogP contribution in [-0.2, 0) is 14.8 Å². The molecule has 0 aliphatic carbocycles. The van der Waals surface area contributed by atoms with Crippen LogP contribution in [0.25, 0.3) is 10.1 Å². The third-order valence-electron chi connectivity index (χ3n) is 4.69. The second-order valence-electron chi connectivity index (χ2n) is 6.63. The largest absolute Gasteiger partial charge is 0.465 e. The summed E-state index contributed by atoms with van der Waals surface area (Å²) in [7, 11) is -2.57. The van der Waals surface area contributed by atoms with Crippen molar-refractivity contribution in [3.63, 3.8) is 0 Å². The van der Waals surface area contributed by atoms with E-state index in [2.05, 4.69) is 17.0 Å². The maximum absolute atomic E-state index is 13.0. The Labute approximate surface area is 163 Å². The molecule has 1 aliphatic heterocycles. The Morgan fingerprint density at radius 2 is 1.96 bits per heavy atom. The monoisotopic (exact) mass is 418 g/mol. The van der Waals surface area contributed by atoms with Crippen LogP contribution in [0.15, 0.2) is 29.2 Å². The van der Waals surface area contributed by atoms with E-state index in [1.165, 1.54) is 7.11 Å². The van der Waals surface area contributed by atoms with E-state index in [0.717, 1.165) is 42.0 Å². The Hall–Kier alpha value is -1.19. The average molecular weight is 419 g/mol. The van der Waals surface area contributed by atoms with Gasteiger partial charge in [-0.25, -0.2) is 17.9 Å². The molecule has 0 spiro atoms. The summed E-state index contributed by atoms with van der Waals surface area (Å²) in [6.07, 6.45) is 1.81. The minimum absolute atomic E-state index is 0. The van der Waals surface area contributed by atoms with Gasteiger partial charge in [0.05, 0.1) is 7.11 Å². The van der Waals surface area contributed by atoms with Gasteiger partial charge in [-0.15, -0.1) is 23.7 Å². The van der Waals surface area contributed by atoms with E-state index in [0.29, 0.717) is 11.9 Å². The summed E-state index contributed by atoms with van der Waals surface area (Å²) in [4.78, 5) is 12.2. The highest BCUT2D eigenvalue weighted by molar-refractivity contribution is 7.90. The number of hydrogen-bond donors (Lipinski definition) is 2. The molecule has 0 atom stereocenters. The summed E-state index contributed by atoms with van der Waals surface area (Å²) in [5.41, 5.74) is -0.0877. The molecule has 1 saturated heterocycles. The number of carbonyl (C=O) groups excluding carboxylic acids is 1. The van der Waals surface area contributed by atoms with Crippen LogP contribution in [-0.4, -0.2) is 41.1 Å². The van der Waals surface area contributed by atoms with Crippen LogP contribution in [0, 0.1) is 5.41 Å². The quantitative estimate of drug-likeness (QED) is 0.729. The molecular weight excluding hydrogens is 396 g/mol. The molecule has 144 valence electrons. The van der Waals surface area contributed by atoms with Gasteiger partial charge in [0.25, 0.3) is 0 Å². The summed E-state index contributed by atoms with van der Waals surface area (Å²) in [5, 5.41) is 3.84. The lowest BCUT2D eigenvalue weighted by Gasteiger charge is -2.34. The van der Waals surface area contributed by atoms with Crippen molar-refractivity contribution < 1.29 is 17.9 Å². The maximum atomic E-state index is 13.0. The SMILES string of the molecule is COC(=O)c1sc2ccccc2c1S(=O)(=O)NCC1(C)CCNCC1.Cl. The van der Waals surface area contributed by atoms with Crippen molar-refractivity contribution in [3.8, 4) is 0 Å². The molecule has 3 rings (SSSR count). The molecule has 0 bridgehead atoms. The van der Waals surface area contributed by atoms with Gasteiger partial charge < -0.3 is 10.1 Å². The number of fused-ring (bicyclic) bond motifs is 1. The summed E-state index contributed by atoms with van der Waals surface area (Å²) in [5.74, 6) is -0.630. The van der Waals surface area contributed by atoms with Crippen molar-refractivity contribution in [1.82, 2.24) is 10.0 Å². The number of carbonyl (C=O) groups is 1. The number of halogens is 1. The van der Waals surface area contributed by atoms with Crippen LogP contribution in [0.3, 0.4) is 0 Å². The normalized spacial score (nSPS) is 16.8. The zero-order valence-electron chi connectivity index (χ0n) is 14.7. The molecule has 2 aromatic rings. The molecule has 1 fully saturated rings. The number of methoxy groups -OCH3 is 1. The first kappa shape index (κ1) is 21.1. The first-order valence-electron chi connectivity index (χ1n) is 8.16. The average Bonchev–Trinajstić information content (AvgIpc) is 3.00. The van der Waals surface area contributed by atoms with Gasteiger partial charge in [0.2, 0.25) is 10.0 Å². The van der Waals surface area contributed by atoms with Gasteiger partial charge in [0.15, 0.2) is 0 Å². The van der Waals surface area contributed by atoms with Crippen LogP contribution >= 0.6 is 23.7 Å². The number of thiophene rings is 1. The smallest absolute Gasteiger partial charge is 0.349 e. The highest BCUT2D eigenvalue weighted by Crippen LogP contribution is 2.35. The highest BCUT2D eigenvalue weighted by atomic mass is 35.5. The third kappa shape index (κ3) is 4.20. The fraction of sp³-hybridized carbons (Fsp3) is 0.471. The molecule has 1 aliphatic rings. The topological polar surface area (TPSA) is 84.5 Å². The Kier molecular flexibility index (Phi) is 6.68. The number of benzene rings is 1. The number of ether oxygens (including phenoxy) is 1. The fourth-order valence-corrected chi connectivity index (χ4v) is 6.08. The predicted molar refractivity (Wildman–Crippen MR) is 106 cm³/mol. The summed E-state index contributed by atoms with van der Waals surface area (Å²) in [6, 6.07) is 7.11. The maximum Gasteiger partial charge on any atom is 0.349 e. The molecule has 2 heterocycles. The van der Waals surface area contributed by atoms with E-state index in [1.807, 2.05) is 6.07 Å². The summed E-state index contributed by atoms with van der Waals surface area (Å²) < 4.78 is 34.3. The first-order chi connectivity index (χ1) is 11.9. The Bertz CT molecular complexity index is 889. The van der Waals surface area contributed by atoms with E-state index in [9.17, 15) is 13.2 Å². The van der Waals surface area contributed by atoms with Gasteiger partial charge in [-0.05, 0) is 37.4 Å². The number of sulfonamides is 1. The molecule has 6 nitrogen and oxygen atoms in total. The van der Waals surface area contributed by atoms with Crippen molar-refractivity contribution in [1.29, 1.82) is 0 Å². The van der Waals surface area contributed by atoms with E-state index in [1.54, 1.807) is 18.2 Å². The minimum Gasteiger partial charge on any atom is -0.465 e. The van der Waals surface area contributed by atoms with Crippen LogP contribution in [0.4, 0.5) is 0 Å². The van der Waals surface area contributed by atoms with Gasteiger partial charge >= 0.3 is 5.97 Å². The fourth-order valence-electron chi connectivity index (χ4n) is 3.06. The molecule has 0 amide bonds. The molecule has 2 N–H and O–H groups in total. The van der Waals surface area contributed by atoms with Crippen LogP contribution < -0.4 is 10.0 Å². The second kappa shape index (κ2) is 8.22. The Morgan fingerprint density at radius 3 is 2.62 bits per heavy atom. The summed E-state index contributed by atoms with van der Waals surface area (Å²) in [6.45, 7) is 4.20. The van der Waals surface area contributed by atoms with Crippen LogP contribution in [0.1, 0.15) is 29.4 Å². The van der Waals surface area contributed by atoms with Gasteiger partial charge in [-0.1, -0.05) is 25.1 Å². The number of nitrogens with one attached hydrogen (secondary N) is 2. The highest BCUT2D eigenvalue weighted by Gasteiger charge is 2.32. The van der Waals surface area contributed by atoms with Crippen molar-refractivity contribution in [2.24, 2.45) is 5.41 Å². The molecule has 0 radical (unpaired) electrons. The van der Waals surface area contributed by atoms with Crippen LogP contribution in [0.5, 0.6) is 0 Å². The second-order valence-corrected chi connectivity index (χ2v) is 9.39. The lowest BCUT2D eigenvalue weighted by atomic mass is 9.81. The number of piperidine rings is 1. The van der Waals surface area contributed by atoms with Gasteiger partial charge in [-0.2, -0.15) is 0 Å². The molecular formula is C17H23ClN2O4S2. The zero-order valence-corrected chi connectivity index (χ0v) is 17.2. The molecule has 0 unspecified atom stereocenters. The number of hydrogen-bond acceptors (Lipinski definition) is 6. The standard InChI is InChI=1S/C17H22N2O4S2.ClH/c1-17(7-9-18-10-8-17)11-19-25(21,22)15-12-5-3-4-6-13(12)24-14(15)16(20)23-2;/h3-6,18-19H,7-11H2,1-2H3;1H. The van der Waals surface area contributed by atoms with Crippen molar-refractivity contribution >= 4 is 49.8 Å². The lowest BCUT2D eigenvalue weighted by Crippen LogP contribution is -2.43. The van der Waals surface area contributed by atoms with Crippen molar-refractivity contribution in [2.75, 3.05) is 26.7 Å². The molecule has 1 aromatic heterocycles. The minimum atomic E-state index is -3.83. The van der Waals surface area contributed by atoms with E-state index in [4.69, 9.17) is 4.74 Å². The Morgan fingerprint density at radius 1 is 1.31 bits per heavy atom. The van der Waals surface area contributed by atoms with Gasteiger partial charge in [-0.3, -0.25) is 0 Å². The number of esters is 1. The molecule has 0 saturated carbocycles. The lowest BCUT2D eigenvalue weighted by molar-refractivity contribution is 0.0602. The van der Waals surface area contributed by atoms with Crippen molar-refractivity contribution in [3.05, 3.63) is 29.1 Å². The van der Waals surface area contributed by atoms with E-state index in [-0.39, 0.29) is 27.6 Å².